The molecule has 4 N–H and O–H groups in total. The van der Waals surface area contributed by atoms with Crippen LogP contribution in [0.25, 0.3) is 22.4 Å². The second kappa shape index (κ2) is 11.3. The van der Waals surface area contributed by atoms with Crippen LogP contribution < -0.4 is 10.6 Å². The van der Waals surface area contributed by atoms with Crippen molar-refractivity contribution in [2.24, 2.45) is 0 Å². The number of aromatic nitrogens is 4. The normalized spacial score (nSPS) is 14.7. The van der Waals surface area contributed by atoms with E-state index in [0.29, 0.717) is 29.7 Å². The maximum absolute atomic E-state index is 13.6. The van der Waals surface area contributed by atoms with E-state index in [1.165, 1.54) is 26.2 Å². The summed E-state index contributed by atoms with van der Waals surface area (Å²) >= 11 is 0. The fraction of sp³-hybridized carbons (Fsp3) is 0.290. The molecule has 0 unspecified atom stereocenters. The van der Waals surface area contributed by atoms with Crippen molar-refractivity contribution in [1.82, 2.24) is 24.8 Å². The third kappa shape index (κ3) is 5.72. The summed E-state index contributed by atoms with van der Waals surface area (Å²) in [5.74, 6) is 0.805. The summed E-state index contributed by atoms with van der Waals surface area (Å²) in [5.41, 5.74) is 4.63. The van der Waals surface area contributed by atoms with Gasteiger partial charge in [-0.05, 0) is 61.2 Å². The number of nitrogens with one attached hydrogen (secondary N) is 3. The first-order chi connectivity index (χ1) is 19.9. The Balaban J connectivity index is 1.31. The van der Waals surface area contributed by atoms with Crippen molar-refractivity contribution in [1.29, 1.82) is 0 Å². The number of hydrogen-bond acceptors (Lipinski definition) is 6. The van der Waals surface area contributed by atoms with E-state index in [4.69, 9.17) is 9.40 Å². The number of nitrogens with zero attached hydrogens (tertiary/aromatic N) is 3. The van der Waals surface area contributed by atoms with Gasteiger partial charge >= 0.3 is 0 Å². The van der Waals surface area contributed by atoms with Crippen molar-refractivity contribution < 1.29 is 19.1 Å². The molecule has 10 nitrogen and oxygen atoms in total. The number of carbonyl (C=O) groups is 2. The molecular weight excluding hydrogens is 520 g/mol. The second-order valence-corrected chi connectivity index (χ2v) is 10.6. The van der Waals surface area contributed by atoms with Crippen molar-refractivity contribution >= 4 is 28.8 Å². The van der Waals surface area contributed by atoms with Gasteiger partial charge in [0.2, 0.25) is 11.9 Å². The van der Waals surface area contributed by atoms with Gasteiger partial charge in [-0.1, -0.05) is 31.4 Å². The average Bonchev–Trinajstić information content (AvgIpc) is 3.73. The molecule has 2 amide bonds. The van der Waals surface area contributed by atoms with Gasteiger partial charge in [0.25, 0.3) is 5.91 Å². The highest BCUT2D eigenvalue weighted by Crippen LogP contribution is 2.36. The lowest BCUT2D eigenvalue weighted by Crippen LogP contribution is -2.30. The summed E-state index contributed by atoms with van der Waals surface area (Å²) in [4.78, 5) is 37.5. The zero-order valence-corrected chi connectivity index (χ0v) is 22.8. The van der Waals surface area contributed by atoms with E-state index in [-0.39, 0.29) is 17.6 Å². The van der Waals surface area contributed by atoms with Crippen LogP contribution in [-0.4, -0.2) is 36.4 Å². The minimum atomic E-state index is -0.497. The van der Waals surface area contributed by atoms with E-state index in [0.717, 1.165) is 40.8 Å². The Morgan fingerprint density at radius 1 is 1.10 bits per heavy atom. The molecule has 1 aliphatic rings. The minimum Gasteiger partial charge on any atom is -0.508 e. The number of aromatic amines is 1. The molecule has 0 bridgehead atoms. The summed E-state index contributed by atoms with van der Waals surface area (Å²) in [6, 6.07) is 14.2. The largest absolute Gasteiger partial charge is 0.508 e. The van der Waals surface area contributed by atoms with Crippen LogP contribution >= 0.6 is 0 Å². The van der Waals surface area contributed by atoms with Gasteiger partial charge in [-0.2, -0.15) is 0 Å². The minimum absolute atomic E-state index is 0.165. The maximum atomic E-state index is 13.6. The molecule has 3 heterocycles. The molecule has 5 aromatic rings. The van der Waals surface area contributed by atoms with Crippen LogP contribution in [0.15, 0.2) is 71.7 Å². The summed E-state index contributed by atoms with van der Waals surface area (Å²) in [6.07, 6.45) is 11.3. The maximum Gasteiger partial charge on any atom is 0.251 e. The summed E-state index contributed by atoms with van der Waals surface area (Å²) < 4.78 is 7.68. The number of benzene rings is 2. The van der Waals surface area contributed by atoms with Crippen molar-refractivity contribution in [2.75, 3.05) is 5.32 Å². The Hall–Kier alpha value is -4.86. The van der Waals surface area contributed by atoms with Crippen LogP contribution in [0, 0.1) is 0 Å². The molecule has 1 saturated carbocycles. The van der Waals surface area contributed by atoms with Crippen LogP contribution in [0.2, 0.25) is 0 Å². The van der Waals surface area contributed by atoms with E-state index in [1.54, 1.807) is 43.0 Å². The molecule has 0 spiro atoms. The molecule has 6 rings (SSSR count). The Kier molecular flexibility index (Phi) is 7.28. The third-order valence-corrected chi connectivity index (χ3v) is 7.60. The number of amides is 2. The van der Waals surface area contributed by atoms with Crippen molar-refractivity contribution in [3.05, 3.63) is 84.1 Å². The van der Waals surface area contributed by atoms with Crippen LogP contribution in [-0.2, 0) is 11.2 Å². The van der Waals surface area contributed by atoms with Crippen molar-refractivity contribution in [3.8, 4) is 17.1 Å². The number of H-pyrrole nitrogens is 1. The Morgan fingerprint density at radius 2 is 1.90 bits per heavy atom. The number of phenolic OH excluding ortho intramolecular Hbond substituents is 1. The lowest BCUT2D eigenvalue weighted by Gasteiger charge is -2.25. The van der Waals surface area contributed by atoms with E-state index in [9.17, 15) is 14.7 Å². The van der Waals surface area contributed by atoms with Crippen LogP contribution in [0.5, 0.6) is 5.75 Å². The number of aromatic hydroxyl groups is 1. The highest BCUT2D eigenvalue weighted by Gasteiger charge is 2.25. The molecule has 0 aliphatic heterocycles. The van der Waals surface area contributed by atoms with Gasteiger partial charge in [0.05, 0.1) is 34.6 Å². The first-order valence-electron chi connectivity index (χ1n) is 13.9. The van der Waals surface area contributed by atoms with Gasteiger partial charge < -0.3 is 24.4 Å². The van der Waals surface area contributed by atoms with Gasteiger partial charge in [-0.3, -0.25) is 14.9 Å². The van der Waals surface area contributed by atoms with Gasteiger partial charge in [-0.15, -0.1) is 0 Å². The third-order valence-electron chi connectivity index (χ3n) is 7.60. The molecule has 41 heavy (non-hydrogen) atoms. The van der Waals surface area contributed by atoms with E-state index in [2.05, 4.69) is 25.2 Å². The molecular formula is C31H32N6O4. The van der Waals surface area contributed by atoms with Gasteiger partial charge in [0.15, 0.2) is 0 Å². The lowest BCUT2D eigenvalue weighted by molar-refractivity contribution is -0.114. The Bertz CT molecular complexity index is 1660. The van der Waals surface area contributed by atoms with Crippen molar-refractivity contribution in [3.63, 3.8) is 0 Å². The van der Waals surface area contributed by atoms with E-state index in [1.807, 2.05) is 24.3 Å². The fourth-order valence-electron chi connectivity index (χ4n) is 5.63. The molecule has 1 atom stereocenters. The average molecular weight is 553 g/mol. The van der Waals surface area contributed by atoms with Gasteiger partial charge in [0.1, 0.15) is 17.8 Å². The van der Waals surface area contributed by atoms with Crippen LogP contribution in [0.1, 0.15) is 72.7 Å². The van der Waals surface area contributed by atoms with E-state index >= 15 is 0 Å². The monoisotopic (exact) mass is 552 g/mol. The number of carbonyl (C=O) groups excluding carboxylic acids is 2. The molecule has 210 valence electrons. The highest BCUT2D eigenvalue weighted by atomic mass is 16.3. The highest BCUT2D eigenvalue weighted by molar-refractivity contribution is 5.98. The van der Waals surface area contributed by atoms with Crippen LogP contribution in [0.4, 0.5) is 5.95 Å². The van der Waals surface area contributed by atoms with Crippen LogP contribution in [0.3, 0.4) is 0 Å². The fourth-order valence-corrected chi connectivity index (χ4v) is 5.63. The van der Waals surface area contributed by atoms with E-state index < -0.39 is 6.04 Å². The molecule has 10 heteroatoms. The zero-order chi connectivity index (χ0) is 28.3. The number of rotatable bonds is 8. The first-order valence-corrected chi connectivity index (χ1v) is 13.9. The summed E-state index contributed by atoms with van der Waals surface area (Å²) in [6.45, 7) is 1.40. The predicted octanol–water partition coefficient (Wildman–Crippen LogP) is 5.90. The smallest absolute Gasteiger partial charge is 0.251 e. The predicted molar refractivity (Wildman–Crippen MR) is 154 cm³/mol. The Morgan fingerprint density at radius 3 is 2.63 bits per heavy atom. The quantitative estimate of drug-likeness (QED) is 0.189. The number of hydrogen-bond donors (Lipinski definition) is 4. The number of anilines is 1. The molecule has 2 aromatic carbocycles. The van der Waals surface area contributed by atoms with Gasteiger partial charge in [0, 0.05) is 24.7 Å². The summed E-state index contributed by atoms with van der Waals surface area (Å²) in [5, 5.41) is 15.4. The van der Waals surface area contributed by atoms with Crippen molar-refractivity contribution in [2.45, 2.75) is 57.5 Å². The van der Waals surface area contributed by atoms with Gasteiger partial charge in [-0.25, -0.2) is 9.97 Å². The number of phenols is 1. The number of imidazole rings is 2. The molecule has 1 aliphatic carbocycles. The first kappa shape index (κ1) is 26.4. The number of furan rings is 1. The molecule has 1 fully saturated rings. The topological polar surface area (TPSA) is 138 Å². The second-order valence-electron chi connectivity index (χ2n) is 10.6. The lowest BCUT2D eigenvalue weighted by atomic mass is 9.95. The molecule has 0 saturated heterocycles. The molecule has 3 aromatic heterocycles. The Labute approximate surface area is 236 Å². The number of fused-ring (bicyclic) bond motifs is 1. The SMILES string of the molecule is CC(=O)Nc1nc([C@H](Cc2ccc(O)cc2)NC(=O)c2ccc3c(c2)nc(-c2ccoc2)n3C2CCCCC2)c[nH]1. The standard InChI is InChI=1S/C31H32N6O4/c1-19(38)33-31-32-17-27(36-31)25(15-20-7-10-24(39)11-8-20)35-30(40)21-9-12-28-26(16-21)34-29(22-13-14-41-18-22)37(28)23-5-3-2-4-6-23/h7-14,16-18,23,25,39H,2-6,15H2,1H3,(H,35,40)(H2,32,33,36,38)/t25-/m0/s1. The summed E-state index contributed by atoms with van der Waals surface area (Å²) in [7, 11) is 0. The molecule has 0 radical (unpaired) electrons. The zero-order valence-electron chi connectivity index (χ0n) is 22.8.